The van der Waals surface area contributed by atoms with Gasteiger partial charge in [0.2, 0.25) is 5.91 Å². The molecule has 2 aromatic heterocycles. The molecule has 2 aromatic carbocycles. The van der Waals surface area contributed by atoms with E-state index in [0.717, 1.165) is 33.2 Å². The third-order valence-electron chi connectivity index (χ3n) is 7.32. The molecular formula is C31H28F3N5O2. The van der Waals surface area contributed by atoms with Crippen LogP contribution in [0.4, 0.5) is 19.0 Å². The lowest BCUT2D eigenvalue weighted by Crippen LogP contribution is -2.59. The fourth-order valence-corrected chi connectivity index (χ4v) is 5.58. The maximum atomic E-state index is 12.8. The number of pyridine rings is 2. The third-order valence-corrected chi connectivity index (χ3v) is 7.32. The number of fused-ring (bicyclic) bond motifs is 1. The Balaban J connectivity index is 1.40. The summed E-state index contributed by atoms with van der Waals surface area (Å²) in [4.78, 5) is 25.0. The van der Waals surface area contributed by atoms with E-state index >= 15 is 0 Å². The fraction of sp³-hybridized carbons (Fsp3) is 0.290. The number of methoxy groups -OCH3 is 1. The molecule has 0 bridgehead atoms. The van der Waals surface area contributed by atoms with Gasteiger partial charge in [0.1, 0.15) is 18.0 Å². The molecule has 5 rings (SSSR count). The van der Waals surface area contributed by atoms with Crippen LogP contribution < -0.4 is 9.64 Å². The molecule has 2 atom stereocenters. The van der Waals surface area contributed by atoms with Gasteiger partial charge in [-0.15, -0.1) is 0 Å². The number of anilines is 1. The van der Waals surface area contributed by atoms with Crippen LogP contribution in [0.25, 0.3) is 33.2 Å². The van der Waals surface area contributed by atoms with Crippen molar-refractivity contribution in [3.63, 3.8) is 0 Å². The molecule has 210 valence electrons. The molecule has 1 unspecified atom stereocenters. The van der Waals surface area contributed by atoms with Crippen LogP contribution in [-0.4, -0.2) is 59.2 Å². The Bertz CT molecular complexity index is 1600. The van der Waals surface area contributed by atoms with E-state index in [4.69, 9.17) is 15.0 Å². The maximum absolute atomic E-state index is 12.8. The first kappa shape index (κ1) is 27.9. The summed E-state index contributed by atoms with van der Waals surface area (Å²) in [5, 5.41) is 9.95. The highest BCUT2D eigenvalue weighted by Crippen LogP contribution is 2.39. The van der Waals surface area contributed by atoms with Gasteiger partial charge >= 0.3 is 6.18 Å². The lowest BCUT2D eigenvalue weighted by Gasteiger charge is -2.45. The molecule has 3 heterocycles. The number of carbonyl (C=O) groups excluding carboxylic acids is 1. The van der Waals surface area contributed by atoms with Crippen molar-refractivity contribution in [2.24, 2.45) is 0 Å². The van der Waals surface area contributed by atoms with Crippen LogP contribution >= 0.6 is 0 Å². The maximum Gasteiger partial charge on any atom is 0.397 e. The first-order chi connectivity index (χ1) is 19.6. The van der Waals surface area contributed by atoms with Crippen LogP contribution in [0.15, 0.2) is 67.0 Å². The van der Waals surface area contributed by atoms with E-state index in [0.29, 0.717) is 30.2 Å². The summed E-state index contributed by atoms with van der Waals surface area (Å²) in [7, 11) is 1.61. The van der Waals surface area contributed by atoms with Crippen LogP contribution in [0.5, 0.6) is 5.75 Å². The zero-order chi connectivity index (χ0) is 29.3. The molecule has 1 aliphatic rings. The van der Waals surface area contributed by atoms with Gasteiger partial charge in [-0.2, -0.15) is 18.4 Å². The highest BCUT2D eigenvalue weighted by atomic mass is 19.4. The zero-order valence-corrected chi connectivity index (χ0v) is 22.8. The lowest BCUT2D eigenvalue weighted by molar-refractivity contribution is -0.164. The SMILES string of the molecule is COc1c(-c2ccc(N3CC(C)N(C(=O)CC(F)(F)F)[C@H](C)C3)nc2)cnc2c(-c3ccc(C#N)cc3)cccc12. The normalized spacial score (nSPS) is 17.4. The highest BCUT2D eigenvalue weighted by molar-refractivity contribution is 6.00. The Kier molecular flexibility index (Phi) is 7.54. The number of alkyl halides is 3. The molecule has 1 saturated heterocycles. The molecule has 0 spiro atoms. The molecule has 1 amide bonds. The quantitative estimate of drug-likeness (QED) is 0.289. The average molecular weight is 560 g/mol. The number of carbonyl (C=O) groups is 1. The van der Waals surface area contributed by atoms with Gasteiger partial charge in [-0.05, 0) is 49.7 Å². The molecule has 1 aliphatic heterocycles. The number of hydrogen-bond donors (Lipinski definition) is 0. The van der Waals surface area contributed by atoms with E-state index < -0.39 is 30.6 Å². The number of aromatic nitrogens is 2. The third kappa shape index (κ3) is 5.66. The van der Waals surface area contributed by atoms with Crippen LogP contribution in [0, 0.1) is 11.3 Å². The van der Waals surface area contributed by atoms with Crippen LogP contribution in [0.3, 0.4) is 0 Å². The Morgan fingerprint density at radius 1 is 0.976 bits per heavy atom. The Labute approximate surface area is 235 Å². The monoisotopic (exact) mass is 559 g/mol. The highest BCUT2D eigenvalue weighted by Gasteiger charge is 2.39. The average Bonchev–Trinajstić information content (AvgIpc) is 2.95. The van der Waals surface area contributed by atoms with Crippen LogP contribution in [-0.2, 0) is 4.79 Å². The molecular weight excluding hydrogens is 531 g/mol. The molecule has 0 radical (unpaired) electrons. The minimum absolute atomic E-state index is 0.374. The van der Waals surface area contributed by atoms with Crippen LogP contribution in [0.2, 0.25) is 0 Å². The molecule has 0 saturated carbocycles. The van der Waals surface area contributed by atoms with Crippen molar-refractivity contribution in [1.29, 1.82) is 5.26 Å². The Morgan fingerprint density at radius 3 is 2.24 bits per heavy atom. The van der Waals surface area contributed by atoms with Gasteiger partial charge in [-0.3, -0.25) is 9.78 Å². The molecule has 41 heavy (non-hydrogen) atoms. The number of ether oxygens (including phenoxy) is 1. The standard InChI is InChI=1S/C31H28F3N5O2/c1-19-17-38(18-20(2)39(19)28(40)13-31(32,33)34)27-12-11-23(15-36-27)26-16-37-29-24(5-4-6-25(29)30(26)41-3)22-9-7-21(14-35)8-10-22/h4-12,15-16,19-20H,13,17-18H2,1-3H3/t19-,20?/m1/s1. The summed E-state index contributed by atoms with van der Waals surface area (Å²) in [6.07, 6.45) is -2.51. The Morgan fingerprint density at radius 2 is 1.66 bits per heavy atom. The first-order valence-electron chi connectivity index (χ1n) is 13.1. The second-order valence-electron chi connectivity index (χ2n) is 10.2. The van der Waals surface area contributed by atoms with E-state index in [-0.39, 0.29) is 0 Å². The number of amides is 1. The van der Waals surface area contributed by atoms with E-state index in [2.05, 4.69) is 11.1 Å². The van der Waals surface area contributed by atoms with Crippen molar-refractivity contribution in [2.75, 3.05) is 25.1 Å². The van der Waals surface area contributed by atoms with E-state index in [1.165, 1.54) is 4.90 Å². The van der Waals surface area contributed by atoms with Gasteiger partial charge in [0.15, 0.2) is 0 Å². The van der Waals surface area contributed by atoms with Gasteiger partial charge in [-0.1, -0.05) is 24.3 Å². The number of piperazine rings is 1. The number of nitriles is 1. The summed E-state index contributed by atoms with van der Waals surface area (Å²) in [6, 6.07) is 18.3. The predicted molar refractivity (Wildman–Crippen MR) is 150 cm³/mol. The van der Waals surface area contributed by atoms with Gasteiger partial charge in [0.25, 0.3) is 0 Å². The predicted octanol–water partition coefficient (Wildman–Crippen LogP) is 6.22. The summed E-state index contributed by atoms with van der Waals surface area (Å²) >= 11 is 0. The molecule has 4 aromatic rings. The second kappa shape index (κ2) is 11.1. The second-order valence-corrected chi connectivity index (χ2v) is 10.2. The molecule has 1 fully saturated rings. The smallest absolute Gasteiger partial charge is 0.397 e. The minimum atomic E-state index is -4.53. The van der Waals surface area contributed by atoms with Crippen molar-refractivity contribution in [3.8, 4) is 34.1 Å². The van der Waals surface area contributed by atoms with Crippen LogP contribution in [0.1, 0.15) is 25.8 Å². The summed E-state index contributed by atoms with van der Waals surface area (Å²) in [5.74, 6) is 0.420. The Hall–Kier alpha value is -4.65. The molecule has 10 heteroatoms. The number of benzene rings is 2. The van der Waals surface area contributed by atoms with E-state index in [1.807, 2.05) is 47.4 Å². The molecule has 0 N–H and O–H groups in total. The number of para-hydroxylation sites is 1. The molecule has 7 nitrogen and oxygen atoms in total. The van der Waals surface area contributed by atoms with Gasteiger partial charge in [0, 0.05) is 59.6 Å². The molecule has 0 aliphatic carbocycles. The van der Waals surface area contributed by atoms with Crippen molar-refractivity contribution in [3.05, 3.63) is 72.6 Å². The minimum Gasteiger partial charge on any atom is -0.495 e. The van der Waals surface area contributed by atoms with E-state index in [9.17, 15) is 18.0 Å². The lowest BCUT2D eigenvalue weighted by atomic mass is 9.98. The fourth-order valence-electron chi connectivity index (χ4n) is 5.58. The van der Waals surface area contributed by atoms with E-state index in [1.54, 1.807) is 45.5 Å². The van der Waals surface area contributed by atoms with Gasteiger partial charge in [-0.25, -0.2) is 4.98 Å². The van der Waals surface area contributed by atoms with Crippen molar-refractivity contribution in [1.82, 2.24) is 14.9 Å². The number of rotatable bonds is 5. The number of nitrogens with zero attached hydrogens (tertiary/aromatic N) is 5. The largest absolute Gasteiger partial charge is 0.495 e. The summed E-state index contributed by atoms with van der Waals surface area (Å²) in [6.45, 7) is 4.25. The van der Waals surface area contributed by atoms with Gasteiger partial charge in [0.05, 0.1) is 24.3 Å². The first-order valence-corrected chi connectivity index (χ1v) is 13.1. The van der Waals surface area contributed by atoms with Crippen molar-refractivity contribution >= 4 is 22.6 Å². The summed E-state index contributed by atoms with van der Waals surface area (Å²) in [5.41, 5.74) is 4.76. The van der Waals surface area contributed by atoms with Gasteiger partial charge < -0.3 is 14.5 Å². The van der Waals surface area contributed by atoms with Crippen molar-refractivity contribution < 1.29 is 22.7 Å². The topological polar surface area (TPSA) is 82.3 Å². The summed E-state index contributed by atoms with van der Waals surface area (Å²) < 4.78 is 44.3. The van der Waals surface area contributed by atoms with Crippen molar-refractivity contribution in [2.45, 2.75) is 38.5 Å². The number of hydrogen-bond acceptors (Lipinski definition) is 6. The number of halogens is 3. The zero-order valence-electron chi connectivity index (χ0n) is 22.8.